The molecule has 1 heterocycles. The molecule has 0 saturated heterocycles. The van der Waals surface area contributed by atoms with Gasteiger partial charge in [0.2, 0.25) is 5.95 Å². The average Bonchev–Trinajstić information content (AvgIpc) is 2.80. The van der Waals surface area contributed by atoms with Gasteiger partial charge in [-0.25, -0.2) is 0 Å². The summed E-state index contributed by atoms with van der Waals surface area (Å²) in [6.07, 6.45) is 1.55. The first-order chi connectivity index (χ1) is 14.8. The Hall–Kier alpha value is -4.44. The number of nitrogens with zero attached hydrogens (tertiary/aromatic N) is 4. The van der Waals surface area contributed by atoms with Crippen molar-refractivity contribution in [3.63, 3.8) is 0 Å². The molecular formula is C23H18N6O. The standard InChI is InChI=1S/C23H18N6O/c24-14-17-6-8-20(9-7-17)27-23-28-22(15-25-29-23)26-19-10-12-21(13-11-19)30-16-18-4-2-1-3-5-18/h1-13,15H,16H2,(H2,26,27,28,29). The Morgan fingerprint density at radius 3 is 2.27 bits per heavy atom. The van der Waals surface area contributed by atoms with E-state index in [0.717, 1.165) is 22.7 Å². The van der Waals surface area contributed by atoms with Crippen LogP contribution in [0.15, 0.2) is 85.1 Å². The van der Waals surface area contributed by atoms with Gasteiger partial charge in [0.1, 0.15) is 12.4 Å². The largest absolute Gasteiger partial charge is 0.489 e. The van der Waals surface area contributed by atoms with Gasteiger partial charge in [0.05, 0.1) is 17.8 Å². The fourth-order valence-electron chi connectivity index (χ4n) is 2.70. The van der Waals surface area contributed by atoms with Crippen LogP contribution in [0.1, 0.15) is 11.1 Å². The minimum Gasteiger partial charge on any atom is -0.489 e. The minimum absolute atomic E-state index is 0.354. The van der Waals surface area contributed by atoms with E-state index in [1.165, 1.54) is 0 Å². The number of nitriles is 1. The van der Waals surface area contributed by atoms with Crippen LogP contribution in [0.3, 0.4) is 0 Å². The van der Waals surface area contributed by atoms with Crippen LogP contribution in [0.4, 0.5) is 23.1 Å². The molecule has 3 aromatic carbocycles. The number of hydrogen-bond donors (Lipinski definition) is 2. The van der Waals surface area contributed by atoms with Gasteiger partial charge in [0.15, 0.2) is 5.82 Å². The van der Waals surface area contributed by atoms with Crippen LogP contribution < -0.4 is 15.4 Å². The summed E-state index contributed by atoms with van der Waals surface area (Å²) in [6.45, 7) is 0.522. The number of aromatic nitrogens is 3. The maximum absolute atomic E-state index is 8.87. The van der Waals surface area contributed by atoms with Crippen LogP contribution in [-0.2, 0) is 6.61 Å². The first-order valence-corrected chi connectivity index (χ1v) is 9.29. The molecule has 7 nitrogen and oxygen atoms in total. The van der Waals surface area contributed by atoms with Gasteiger partial charge in [-0.1, -0.05) is 30.3 Å². The van der Waals surface area contributed by atoms with E-state index in [2.05, 4.69) is 31.9 Å². The topological polar surface area (TPSA) is 95.8 Å². The summed E-state index contributed by atoms with van der Waals surface area (Å²) >= 11 is 0. The summed E-state index contributed by atoms with van der Waals surface area (Å²) < 4.78 is 5.80. The zero-order valence-electron chi connectivity index (χ0n) is 16.0. The van der Waals surface area contributed by atoms with Crippen molar-refractivity contribution in [2.24, 2.45) is 0 Å². The Morgan fingerprint density at radius 1 is 0.833 bits per heavy atom. The Kier molecular flexibility index (Phi) is 5.78. The van der Waals surface area contributed by atoms with Crippen molar-refractivity contribution in [1.82, 2.24) is 15.2 Å². The second-order valence-electron chi connectivity index (χ2n) is 6.40. The first kappa shape index (κ1) is 18.9. The molecule has 0 saturated carbocycles. The highest BCUT2D eigenvalue weighted by Crippen LogP contribution is 2.20. The minimum atomic E-state index is 0.354. The molecule has 146 valence electrons. The molecule has 0 fully saturated rings. The number of anilines is 4. The molecule has 0 spiro atoms. The molecule has 0 aliphatic carbocycles. The highest BCUT2D eigenvalue weighted by Gasteiger charge is 2.03. The van der Waals surface area contributed by atoms with E-state index in [9.17, 15) is 0 Å². The van der Waals surface area contributed by atoms with E-state index in [1.807, 2.05) is 54.6 Å². The normalized spacial score (nSPS) is 10.1. The molecule has 0 radical (unpaired) electrons. The van der Waals surface area contributed by atoms with Crippen LogP contribution >= 0.6 is 0 Å². The molecule has 0 amide bonds. The lowest BCUT2D eigenvalue weighted by Crippen LogP contribution is -2.02. The van der Waals surface area contributed by atoms with E-state index < -0.39 is 0 Å². The van der Waals surface area contributed by atoms with Gasteiger partial charge in [-0.15, -0.1) is 5.10 Å². The molecule has 0 atom stereocenters. The van der Waals surface area contributed by atoms with Gasteiger partial charge in [-0.05, 0) is 54.1 Å². The molecule has 0 aliphatic heterocycles. The Bertz CT molecular complexity index is 1140. The Labute approximate surface area is 174 Å². The van der Waals surface area contributed by atoms with Gasteiger partial charge < -0.3 is 15.4 Å². The number of nitrogens with one attached hydrogen (secondary N) is 2. The van der Waals surface area contributed by atoms with Gasteiger partial charge in [0.25, 0.3) is 0 Å². The van der Waals surface area contributed by atoms with Gasteiger partial charge >= 0.3 is 0 Å². The summed E-state index contributed by atoms with van der Waals surface area (Å²) in [5, 5.41) is 23.1. The van der Waals surface area contributed by atoms with Crippen molar-refractivity contribution >= 4 is 23.1 Å². The smallest absolute Gasteiger partial charge is 0.249 e. The number of benzene rings is 3. The van der Waals surface area contributed by atoms with E-state index in [0.29, 0.717) is 23.9 Å². The lowest BCUT2D eigenvalue weighted by atomic mass is 10.2. The predicted octanol–water partition coefficient (Wildman–Crippen LogP) is 4.81. The lowest BCUT2D eigenvalue weighted by molar-refractivity contribution is 0.306. The summed E-state index contributed by atoms with van der Waals surface area (Å²) in [5.74, 6) is 1.69. The van der Waals surface area contributed by atoms with Crippen molar-refractivity contribution in [1.29, 1.82) is 5.26 Å². The zero-order valence-corrected chi connectivity index (χ0v) is 16.0. The van der Waals surface area contributed by atoms with E-state index in [1.54, 1.807) is 30.5 Å². The Balaban J connectivity index is 1.36. The van der Waals surface area contributed by atoms with E-state index >= 15 is 0 Å². The number of ether oxygens (including phenoxy) is 1. The molecular weight excluding hydrogens is 376 g/mol. The van der Waals surface area contributed by atoms with Gasteiger partial charge in [-0.3, -0.25) is 0 Å². The molecule has 4 rings (SSSR count). The monoisotopic (exact) mass is 394 g/mol. The third-order valence-corrected chi connectivity index (χ3v) is 4.20. The predicted molar refractivity (Wildman–Crippen MR) is 115 cm³/mol. The molecule has 0 bridgehead atoms. The van der Waals surface area contributed by atoms with Crippen molar-refractivity contribution in [2.45, 2.75) is 6.61 Å². The maximum Gasteiger partial charge on any atom is 0.249 e. The SMILES string of the molecule is N#Cc1ccc(Nc2nncc(Nc3ccc(OCc4ccccc4)cc3)n2)cc1. The third kappa shape index (κ3) is 5.09. The van der Waals surface area contributed by atoms with Crippen LogP contribution in [0, 0.1) is 11.3 Å². The second kappa shape index (κ2) is 9.17. The van der Waals surface area contributed by atoms with Crippen molar-refractivity contribution in [2.75, 3.05) is 10.6 Å². The lowest BCUT2D eigenvalue weighted by Gasteiger charge is -2.09. The summed E-state index contributed by atoms with van der Waals surface area (Å²) in [7, 11) is 0. The first-order valence-electron chi connectivity index (χ1n) is 9.29. The van der Waals surface area contributed by atoms with Crippen molar-refractivity contribution < 1.29 is 4.74 Å². The molecule has 2 N–H and O–H groups in total. The second-order valence-corrected chi connectivity index (χ2v) is 6.40. The fourth-order valence-corrected chi connectivity index (χ4v) is 2.70. The summed E-state index contributed by atoms with van der Waals surface area (Å²) in [6, 6.07) is 26.8. The number of hydrogen-bond acceptors (Lipinski definition) is 7. The zero-order chi connectivity index (χ0) is 20.6. The quantitative estimate of drug-likeness (QED) is 0.464. The number of rotatable bonds is 7. The van der Waals surface area contributed by atoms with Gasteiger partial charge in [0, 0.05) is 11.4 Å². The molecule has 7 heteroatoms. The molecule has 30 heavy (non-hydrogen) atoms. The van der Waals surface area contributed by atoms with Crippen LogP contribution in [0.2, 0.25) is 0 Å². The van der Waals surface area contributed by atoms with Crippen LogP contribution in [0.5, 0.6) is 5.75 Å². The van der Waals surface area contributed by atoms with E-state index in [-0.39, 0.29) is 0 Å². The highest BCUT2D eigenvalue weighted by atomic mass is 16.5. The van der Waals surface area contributed by atoms with E-state index in [4.69, 9.17) is 10.00 Å². The Morgan fingerprint density at radius 2 is 1.53 bits per heavy atom. The van der Waals surface area contributed by atoms with Crippen LogP contribution in [-0.4, -0.2) is 15.2 Å². The maximum atomic E-state index is 8.87. The van der Waals surface area contributed by atoms with Crippen LogP contribution in [0.25, 0.3) is 0 Å². The highest BCUT2D eigenvalue weighted by molar-refractivity contribution is 5.59. The molecule has 0 aliphatic rings. The van der Waals surface area contributed by atoms with Crippen molar-refractivity contribution in [3.05, 3.63) is 96.2 Å². The van der Waals surface area contributed by atoms with Gasteiger partial charge in [-0.2, -0.15) is 15.3 Å². The summed E-state index contributed by atoms with van der Waals surface area (Å²) in [5.41, 5.74) is 3.33. The molecule has 1 aromatic heterocycles. The average molecular weight is 394 g/mol. The van der Waals surface area contributed by atoms with Crippen molar-refractivity contribution in [3.8, 4) is 11.8 Å². The molecule has 4 aromatic rings. The molecule has 0 unspecified atom stereocenters. The third-order valence-electron chi connectivity index (χ3n) is 4.20. The summed E-state index contributed by atoms with van der Waals surface area (Å²) in [4.78, 5) is 4.41. The fraction of sp³-hybridized carbons (Fsp3) is 0.0435.